The number of hydrogen-bond donors (Lipinski definition) is 1. The normalized spacial score (nSPS) is 29.6. The molecular weight excluding hydrogens is 294 g/mol. The highest BCUT2D eigenvalue weighted by atomic mass is 35.5. The van der Waals surface area contributed by atoms with E-state index in [-0.39, 0.29) is 5.91 Å². The fraction of sp³-hybridized carbons (Fsp3) is 0.333. The Morgan fingerprint density at radius 2 is 1.76 bits per heavy atom. The van der Waals surface area contributed by atoms with Gasteiger partial charge in [0.1, 0.15) is 0 Å². The predicted molar refractivity (Wildman–Crippen MR) is 73.1 cm³/mol. The van der Waals surface area contributed by atoms with Crippen molar-refractivity contribution in [2.75, 3.05) is 0 Å². The van der Waals surface area contributed by atoms with Crippen LogP contribution >= 0.6 is 11.6 Å². The standard InChI is InChI=1S/C15H14ClNO4/c16-9-3-1-8(2-4-9)7-17-14(18)12-10-5-6-11(21-10)13(12)15(19)20/h1-6,10-13H,7H2,(H,17,18)(H,19,20)/p-1/t10-,11+,12+,13-/m0/s1. The van der Waals surface area contributed by atoms with Crippen LogP contribution in [-0.4, -0.2) is 24.1 Å². The van der Waals surface area contributed by atoms with Crippen LogP contribution in [0.5, 0.6) is 0 Å². The number of carbonyl (C=O) groups is 2. The van der Waals surface area contributed by atoms with Crippen molar-refractivity contribution in [3.05, 3.63) is 47.0 Å². The molecule has 1 N–H and O–H groups in total. The largest absolute Gasteiger partial charge is 0.550 e. The van der Waals surface area contributed by atoms with Crippen molar-refractivity contribution in [1.82, 2.24) is 5.32 Å². The van der Waals surface area contributed by atoms with Crippen LogP contribution in [0, 0.1) is 11.8 Å². The fourth-order valence-corrected chi connectivity index (χ4v) is 2.94. The SMILES string of the molecule is O=C([O-])[C@@H]1[C@H](C(=O)NCc2ccc(Cl)cc2)[C@@H]2C=C[C@H]1O2. The maximum absolute atomic E-state index is 12.2. The van der Waals surface area contributed by atoms with Crippen LogP contribution in [0.3, 0.4) is 0 Å². The van der Waals surface area contributed by atoms with Gasteiger partial charge in [-0.3, -0.25) is 4.79 Å². The summed E-state index contributed by atoms with van der Waals surface area (Å²) in [6.07, 6.45) is 2.36. The van der Waals surface area contributed by atoms with Crippen molar-refractivity contribution < 1.29 is 19.4 Å². The van der Waals surface area contributed by atoms with Crippen LogP contribution in [0.15, 0.2) is 36.4 Å². The van der Waals surface area contributed by atoms with Gasteiger partial charge in [-0.25, -0.2) is 0 Å². The van der Waals surface area contributed by atoms with E-state index in [0.717, 1.165) is 5.56 Å². The summed E-state index contributed by atoms with van der Waals surface area (Å²) < 4.78 is 5.44. The number of amides is 1. The minimum atomic E-state index is -1.25. The van der Waals surface area contributed by atoms with Crippen molar-refractivity contribution in [3.63, 3.8) is 0 Å². The number of carboxylic acid groups (broad SMARTS) is 1. The summed E-state index contributed by atoms with van der Waals surface area (Å²) in [4.78, 5) is 23.4. The maximum atomic E-state index is 12.2. The van der Waals surface area contributed by atoms with Crippen LogP contribution in [0.1, 0.15) is 5.56 Å². The first kappa shape index (κ1) is 14.1. The molecule has 2 heterocycles. The Hall–Kier alpha value is -1.85. The van der Waals surface area contributed by atoms with E-state index < -0.39 is 30.0 Å². The number of ether oxygens (including phenoxy) is 1. The predicted octanol–water partition coefficient (Wildman–Crippen LogP) is 0.276. The third-order valence-electron chi connectivity index (χ3n) is 3.85. The maximum Gasteiger partial charge on any atom is 0.227 e. The number of carboxylic acids is 1. The molecule has 1 aromatic carbocycles. The topological polar surface area (TPSA) is 78.5 Å². The third-order valence-corrected chi connectivity index (χ3v) is 4.11. The van der Waals surface area contributed by atoms with Crippen LogP contribution in [0.25, 0.3) is 0 Å². The van der Waals surface area contributed by atoms with Gasteiger partial charge in [-0.1, -0.05) is 35.9 Å². The van der Waals surface area contributed by atoms with E-state index in [4.69, 9.17) is 16.3 Å². The lowest BCUT2D eigenvalue weighted by molar-refractivity contribution is -0.313. The molecule has 1 fully saturated rings. The molecule has 21 heavy (non-hydrogen) atoms. The first-order valence-electron chi connectivity index (χ1n) is 6.63. The Labute approximate surface area is 126 Å². The molecule has 0 aliphatic carbocycles. The Balaban J connectivity index is 1.66. The van der Waals surface area contributed by atoms with Gasteiger partial charge in [0, 0.05) is 23.5 Å². The van der Waals surface area contributed by atoms with Crippen LogP contribution in [0.4, 0.5) is 0 Å². The molecule has 0 unspecified atom stereocenters. The summed E-state index contributed by atoms with van der Waals surface area (Å²) in [6.45, 7) is 0.313. The van der Waals surface area contributed by atoms with E-state index in [1.54, 1.807) is 36.4 Å². The van der Waals surface area contributed by atoms with Gasteiger partial charge in [0.05, 0.1) is 18.1 Å². The Kier molecular flexibility index (Phi) is 3.69. The van der Waals surface area contributed by atoms with Gasteiger partial charge < -0.3 is 20.0 Å². The third kappa shape index (κ3) is 2.66. The molecule has 0 radical (unpaired) electrons. The second-order valence-electron chi connectivity index (χ2n) is 5.17. The summed E-state index contributed by atoms with van der Waals surface area (Å²) in [7, 11) is 0. The molecule has 0 aromatic heterocycles. The van der Waals surface area contributed by atoms with Crippen LogP contribution < -0.4 is 10.4 Å². The van der Waals surface area contributed by atoms with Crippen LogP contribution in [0.2, 0.25) is 5.02 Å². The lowest BCUT2D eigenvalue weighted by Crippen LogP contribution is -2.46. The number of hydrogen-bond acceptors (Lipinski definition) is 4. The fourth-order valence-electron chi connectivity index (χ4n) is 2.81. The van der Waals surface area contributed by atoms with Gasteiger partial charge in [-0.2, -0.15) is 0 Å². The molecule has 4 atom stereocenters. The molecule has 0 spiro atoms. The van der Waals surface area contributed by atoms with Gasteiger partial charge in [0.15, 0.2) is 0 Å². The summed E-state index contributed by atoms with van der Waals surface area (Å²) >= 11 is 5.79. The second-order valence-corrected chi connectivity index (χ2v) is 5.60. The van der Waals surface area contributed by atoms with E-state index in [1.165, 1.54) is 0 Å². The van der Waals surface area contributed by atoms with E-state index in [0.29, 0.717) is 11.6 Å². The quantitative estimate of drug-likeness (QED) is 0.810. The lowest BCUT2D eigenvalue weighted by atomic mass is 9.82. The minimum absolute atomic E-state index is 0.313. The highest BCUT2D eigenvalue weighted by Crippen LogP contribution is 2.38. The molecule has 1 amide bonds. The average Bonchev–Trinajstić information content (AvgIpc) is 3.06. The molecule has 3 rings (SSSR count). The number of rotatable bonds is 4. The molecule has 1 saturated heterocycles. The number of nitrogens with one attached hydrogen (secondary N) is 1. The highest BCUT2D eigenvalue weighted by molar-refractivity contribution is 6.30. The van der Waals surface area contributed by atoms with Gasteiger partial charge in [0.25, 0.3) is 0 Å². The van der Waals surface area contributed by atoms with E-state index in [9.17, 15) is 14.7 Å². The lowest BCUT2D eigenvalue weighted by Gasteiger charge is -2.24. The number of benzene rings is 1. The number of aliphatic carboxylic acids is 1. The molecular formula is C15H13ClNO4-. The van der Waals surface area contributed by atoms with Crippen molar-refractivity contribution in [3.8, 4) is 0 Å². The molecule has 6 heteroatoms. The Bertz CT molecular complexity index is 598. The zero-order valence-corrected chi connectivity index (χ0v) is 11.7. The van der Waals surface area contributed by atoms with E-state index >= 15 is 0 Å². The van der Waals surface area contributed by atoms with Crippen molar-refractivity contribution in [2.45, 2.75) is 18.8 Å². The smallest absolute Gasteiger partial charge is 0.227 e. The second kappa shape index (κ2) is 5.50. The number of halogens is 1. The Morgan fingerprint density at radius 1 is 1.14 bits per heavy atom. The molecule has 2 bridgehead atoms. The summed E-state index contributed by atoms with van der Waals surface area (Å²) in [5, 5.41) is 14.6. The average molecular weight is 307 g/mol. The first-order valence-corrected chi connectivity index (χ1v) is 7.01. The Morgan fingerprint density at radius 3 is 2.38 bits per heavy atom. The summed E-state index contributed by atoms with van der Waals surface area (Å²) in [6, 6.07) is 7.07. The van der Waals surface area contributed by atoms with Crippen molar-refractivity contribution in [2.24, 2.45) is 11.8 Å². The van der Waals surface area contributed by atoms with Gasteiger partial charge in [-0.15, -0.1) is 0 Å². The molecule has 110 valence electrons. The van der Waals surface area contributed by atoms with Crippen molar-refractivity contribution >= 4 is 23.5 Å². The summed E-state index contributed by atoms with van der Waals surface area (Å²) in [5.41, 5.74) is 0.886. The first-order chi connectivity index (χ1) is 10.1. The van der Waals surface area contributed by atoms with Crippen LogP contribution in [-0.2, 0) is 20.9 Å². The molecule has 5 nitrogen and oxygen atoms in total. The van der Waals surface area contributed by atoms with Gasteiger partial charge in [-0.05, 0) is 17.7 Å². The van der Waals surface area contributed by atoms with E-state index in [1.807, 2.05) is 0 Å². The highest BCUT2D eigenvalue weighted by Gasteiger charge is 2.50. The van der Waals surface area contributed by atoms with E-state index in [2.05, 4.69) is 5.32 Å². The number of carbonyl (C=O) groups excluding carboxylic acids is 2. The zero-order chi connectivity index (χ0) is 15.0. The zero-order valence-electron chi connectivity index (χ0n) is 11.0. The molecule has 0 saturated carbocycles. The van der Waals surface area contributed by atoms with Gasteiger partial charge >= 0.3 is 0 Å². The number of fused-ring (bicyclic) bond motifs is 2. The molecule has 1 aromatic rings. The minimum Gasteiger partial charge on any atom is -0.550 e. The monoisotopic (exact) mass is 306 g/mol. The molecule has 2 aliphatic heterocycles. The van der Waals surface area contributed by atoms with Crippen molar-refractivity contribution in [1.29, 1.82) is 0 Å². The van der Waals surface area contributed by atoms with Gasteiger partial charge in [0.2, 0.25) is 5.91 Å². The molecule has 2 aliphatic rings. The summed E-state index contributed by atoms with van der Waals surface area (Å²) in [5.74, 6) is -3.25.